The number of carbonyl (C=O) groups excluding carboxylic acids is 1. The van der Waals surface area contributed by atoms with Gasteiger partial charge in [0.25, 0.3) is 5.22 Å². The van der Waals surface area contributed by atoms with Crippen LogP contribution in [0.3, 0.4) is 0 Å². The van der Waals surface area contributed by atoms with Crippen molar-refractivity contribution in [3.63, 3.8) is 0 Å². The molecule has 0 unspecified atom stereocenters. The van der Waals surface area contributed by atoms with Crippen LogP contribution in [-0.4, -0.2) is 16.6 Å². The van der Waals surface area contributed by atoms with E-state index in [9.17, 15) is 10.1 Å². The molecule has 0 saturated heterocycles. The Balaban J connectivity index is 1.50. The van der Waals surface area contributed by atoms with E-state index in [2.05, 4.69) is 10.3 Å². The molecule has 0 atom stereocenters. The number of nitriles is 1. The first-order chi connectivity index (χ1) is 12.2. The van der Waals surface area contributed by atoms with E-state index in [1.54, 1.807) is 12.1 Å². The minimum absolute atomic E-state index is 0.0846. The summed E-state index contributed by atoms with van der Waals surface area (Å²) >= 11 is 1.19. The second kappa shape index (κ2) is 6.34. The number of carbonyl (C=O) groups is 1. The molecule has 0 radical (unpaired) electrons. The van der Waals surface area contributed by atoms with E-state index in [1.807, 2.05) is 42.5 Å². The van der Waals surface area contributed by atoms with Crippen LogP contribution in [0.15, 0.2) is 62.6 Å². The Bertz CT molecular complexity index is 1090. The quantitative estimate of drug-likeness (QED) is 0.556. The Labute approximate surface area is 146 Å². The van der Waals surface area contributed by atoms with E-state index in [0.717, 1.165) is 5.52 Å². The number of furan rings is 1. The lowest BCUT2D eigenvalue weighted by Crippen LogP contribution is -2.14. The molecule has 0 fully saturated rings. The molecule has 0 aliphatic rings. The Morgan fingerprint density at radius 3 is 2.68 bits per heavy atom. The van der Waals surface area contributed by atoms with Gasteiger partial charge in [0, 0.05) is 5.39 Å². The molecule has 2 heterocycles. The SMILES string of the molecule is N#Cc1oc2ccccc2c1NC(=O)CSc1nc2ccccc2o1. The summed E-state index contributed by atoms with van der Waals surface area (Å²) in [6.07, 6.45) is 0. The topological polar surface area (TPSA) is 92.1 Å². The van der Waals surface area contributed by atoms with Crippen LogP contribution in [0.4, 0.5) is 5.69 Å². The van der Waals surface area contributed by atoms with Gasteiger partial charge in [-0.15, -0.1) is 0 Å². The Morgan fingerprint density at radius 1 is 1.12 bits per heavy atom. The first kappa shape index (κ1) is 15.3. The van der Waals surface area contributed by atoms with E-state index < -0.39 is 0 Å². The third kappa shape index (κ3) is 2.95. The van der Waals surface area contributed by atoms with Crippen molar-refractivity contribution in [2.45, 2.75) is 5.22 Å². The van der Waals surface area contributed by atoms with Crippen LogP contribution in [0.1, 0.15) is 5.76 Å². The predicted octanol–water partition coefficient (Wildman–Crippen LogP) is 4.18. The van der Waals surface area contributed by atoms with Gasteiger partial charge in [0.05, 0.1) is 5.75 Å². The zero-order valence-electron chi connectivity index (χ0n) is 12.9. The monoisotopic (exact) mass is 349 g/mol. The highest BCUT2D eigenvalue weighted by molar-refractivity contribution is 7.99. The van der Waals surface area contributed by atoms with Gasteiger partial charge in [0.1, 0.15) is 22.9 Å². The molecule has 6 nitrogen and oxygen atoms in total. The molecule has 4 aromatic rings. The molecule has 122 valence electrons. The number of hydrogen-bond donors (Lipinski definition) is 1. The van der Waals surface area contributed by atoms with Crippen LogP contribution in [0.5, 0.6) is 0 Å². The average molecular weight is 349 g/mol. The summed E-state index contributed by atoms with van der Waals surface area (Å²) in [5.74, 6) is -0.0753. The molecule has 25 heavy (non-hydrogen) atoms. The second-order valence-electron chi connectivity index (χ2n) is 5.20. The minimum atomic E-state index is -0.268. The molecule has 1 amide bonds. The highest BCUT2D eigenvalue weighted by Gasteiger charge is 2.17. The maximum Gasteiger partial charge on any atom is 0.257 e. The Morgan fingerprint density at radius 2 is 1.88 bits per heavy atom. The van der Waals surface area contributed by atoms with Crippen LogP contribution < -0.4 is 5.32 Å². The van der Waals surface area contributed by atoms with E-state index in [1.165, 1.54) is 11.8 Å². The molecule has 7 heteroatoms. The molecule has 0 bridgehead atoms. The van der Waals surface area contributed by atoms with Crippen molar-refractivity contribution in [2.24, 2.45) is 0 Å². The van der Waals surface area contributed by atoms with E-state index in [4.69, 9.17) is 8.83 Å². The summed E-state index contributed by atoms with van der Waals surface area (Å²) in [6.45, 7) is 0. The molecule has 2 aromatic heterocycles. The number of nitrogens with zero attached hydrogens (tertiary/aromatic N) is 2. The van der Waals surface area contributed by atoms with Gasteiger partial charge in [-0.3, -0.25) is 4.79 Å². The zero-order chi connectivity index (χ0) is 17.2. The molecule has 1 N–H and O–H groups in total. The largest absolute Gasteiger partial charge is 0.443 e. The van der Waals surface area contributed by atoms with Gasteiger partial charge in [-0.05, 0) is 24.3 Å². The summed E-state index contributed by atoms with van der Waals surface area (Å²) in [6, 6.07) is 16.5. The van der Waals surface area contributed by atoms with Crippen molar-refractivity contribution in [3.05, 3.63) is 54.3 Å². The van der Waals surface area contributed by atoms with Gasteiger partial charge < -0.3 is 14.2 Å². The molecule has 2 aromatic carbocycles. The molecule has 0 saturated carbocycles. The molecular weight excluding hydrogens is 338 g/mol. The number of amides is 1. The summed E-state index contributed by atoms with van der Waals surface area (Å²) in [5.41, 5.74) is 2.37. The number of nitrogens with one attached hydrogen (secondary N) is 1. The second-order valence-corrected chi connectivity index (χ2v) is 6.13. The number of hydrogen-bond acceptors (Lipinski definition) is 6. The van der Waals surface area contributed by atoms with Crippen molar-refractivity contribution in [3.8, 4) is 6.07 Å². The maximum absolute atomic E-state index is 12.3. The molecular formula is C18H11N3O3S. The van der Waals surface area contributed by atoms with Crippen LogP contribution >= 0.6 is 11.8 Å². The molecule has 0 spiro atoms. The maximum atomic E-state index is 12.3. The highest BCUT2D eigenvalue weighted by Crippen LogP contribution is 2.30. The van der Waals surface area contributed by atoms with Gasteiger partial charge in [-0.2, -0.15) is 5.26 Å². The lowest BCUT2D eigenvalue weighted by molar-refractivity contribution is -0.113. The van der Waals surface area contributed by atoms with Crippen LogP contribution in [0.2, 0.25) is 0 Å². The number of rotatable bonds is 4. The standard InChI is InChI=1S/C18H11N3O3S/c19-9-15-17(11-5-1-3-7-13(11)23-15)21-16(22)10-25-18-20-12-6-2-4-8-14(12)24-18/h1-8H,10H2,(H,21,22). The van der Waals surface area contributed by atoms with Crippen molar-refractivity contribution >= 4 is 45.4 Å². The van der Waals surface area contributed by atoms with E-state index >= 15 is 0 Å². The summed E-state index contributed by atoms with van der Waals surface area (Å²) in [4.78, 5) is 16.6. The van der Waals surface area contributed by atoms with Crippen molar-refractivity contribution in [1.82, 2.24) is 4.98 Å². The zero-order valence-corrected chi connectivity index (χ0v) is 13.7. The van der Waals surface area contributed by atoms with Gasteiger partial charge in [-0.25, -0.2) is 4.98 Å². The number of anilines is 1. The van der Waals surface area contributed by atoms with E-state index in [0.29, 0.717) is 27.5 Å². The smallest absolute Gasteiger partial charge is 0.257 e. The molecule has 0 aliphatic heterocycles. The number of thioether (sulfide) groups is 1. The first-order valence-corrected chi connectivity index (χ1v) is 8.43. The number of oxazole rings is 1. The summed E-state index contributed by atoms with van der Waals surface area (Å²) in [7, 11) is 0. The normalized spacial score (nSPS) is 10.8. The van der Waals surface area contributed by atoms with Gasteiger partial charge in [-0.1, -0.05) is 36.0 Å². The van der Waals surface area contributed by atoms with Crippen molar-refractivity contribution in [2.75, 3.05) is 11.1 Å². The Hall–Kier alpha value is -3.24. The number of benzene rings is 2. The van der Waals surface area contributed by atoms with Crippen LogP contribution in [0, 0.1) is 11.3 Å². The first-order valence-electron chi connectivity index (χ1n) is 7.44. The van der Waals surface area contributed by atoms with Crippen molar-refractivity contribution in [1.29, 1.82) is 5.26 Å². The molecule has 4 rings (SSSR count). The third-order valence-corrected chi connectivity index (χ3v) is 4.39. The Kier molecular flexibility index (Phi) is 3.88. The number of aromatic nitrogens is 1. The predicted molar refractivity (Wildman–Crippen MR) is 94.3 cm³/mol. The minimum Gasteiger partial charge on any atom is -0.443 e. The van der Waals surface area contributed by atoms with Gasteiger partial charge in [0.2, 0.25) is 11.7 Å². The molecule has 0 aliphatic carbocycles. The summed E-state index contributed by atoms with van der Waals surface area (Å²) < 4.78 is 11.0. The lowest BCUT2D eigenvalue weighted by atomic mass is 10.2. The summed E-state index contributed by atoms with van der Waals surface area (Å²) in [5, 5.41) is 13.1. The van der Waals surface area contributed by atoms with E-state index in [-0.39, 0.29) is 17.4 Å². The average Bonchev–Trinajstić information content (AvgIpc) is 3.21. The fraction of sp³-hybridized carbons (Fsp3) is 0.0556. The lowest BCUT2D eigenvalue weighted by Gasteiger charge is -2.02. The highest BCUT2D eigenvalue weighted by atomic mass is 32.2. The fourth-order valence-corrected chi connectivity index (χ4v) is 3.10. The van der Waals surface area contributed by atoms with Gasteiger partial charge >= 0.3 is 0 Å². The fourth-order valence-electron chi connectivity index (χ4n) is 2.46. The van der Waals surface area contributed by atoms with Crippen LogP contribution in [-0.2, 0) is 4.79 Å². The van der Waals surface area contributed by atoms with Crippen LogP contribution in [0.25, 0.3) is 22.1 Å². The van der Waals surface area contributed by atoms with Gasteiger partial charge in [0.15, 0.2) is 5.58 Å². The number of fused-ring (bicyclic) bond motifs is 2. The third-order valence-electron chi connectivity index (χ3n) is 3.56. The van der Waals surface area contributed by atoms with Crippen molar-refractivity contribution < 1.29 is 13.6 Å². The number of para-hydroxylation sites is 3.